The highest BCUT2D eigenvalue weighted by Crippen LogP contribution is 2.24. The minimum atomic E-state index is -0.222. The molecule has 1 N–H and O–H groups in total. The third-order valence-electron chi connectivity index (χ3n) is 4.52. The Balaban J connectivity index is 1.72. The number of nitrogens with zero attached hydrogens (tertiary/aromatic N) is 3. The summed E-state index contributed by atoms with van der Waals surface area (Å²) in [4.78, 5) is 31.6. The molecule has 0 spiro atoms. The first kappa shape index (κ1) is 16.1. The average Bonchev–Trinajstić information content (AvgIpc) is 3.00. The number of aromatic nitrogens is 3. The van der Waals surface area contributed by atoms with Crippen molar-refractivity contribution >= 4 is 11.6 Å². The van der Waals surface area contributed by atoms with Crippen LogP contribution >= 0.6 is 0 Å². The first-order valence-electron chi connectivity index (χ1n) is 8.32. The molecule has 7 heteroatoms. The van der Waals surface area contributed by atoms with Crippen LogP contribution in [0.2, 0.25) is 0 Å². The van der Waals surface area contributed by atoms with Gasteiger partial charge in [0.2, 0.25) is 0 Å². The molecule has 0 unspecified atom stereocenters. The van der Waals surface area contributed by atoms with E-state index >= 15 is 0 Å². The second kappa shape index (κ2) is 6.18. The largest absolute Gasteiger partial charge is 0.497 e. The standard InChI is InChI=1S/C19H18N4O3/c1-12-4-3-5-16(20-12)23-18(24)15-10-11-22(19(25)17(15)21-23)13-6-8-14(26-2)9-7-13/h3-9,21H,10-11H2,1-2H3. The van der Waals surface area contributed by atoms with Gasteiger partial charge in [-0.15, -0.1) is 0 Å². The lowest BCUT2D eigenvalue weighted by Crippen LogP contribution is -2.38. The maximum atomic E-state index is 12.9. The number of aryl methyl sites for hydroxylation is 1. The molecule has 26 heavy (non-hydrogen) atoms. The van der Waals surface area contributed by atoms with Crippen molar-refractivity contribution in [1.29, 1.82) is 0 Å². The molecule has 1 amide bonds. The summed E-state index contributed by atoms with van der Waals surface area (Å²) in [6.45, 7) is 2.31. The number of rotatable bonds is 3. The van der Waals surface area contributed by atoms with Crippen LogP contribution in [0.15, 0.2) is 47.3 Å². The summed E-state index contributed by atoms with van der Waals surface area (Å²) < 4.78 is 6.50. The lowest BCUT2D eigenvalue weighted by molar-refractivity contribution is 0.0975. The van der Waals surface area contributed by atoms with E-state index in [-0.39, 0.29) is 11.5 Å². The number of aromatic amines is 1. The third kappa shape index (κ3) is 2.57. The summed E-state index contributed by atoms with van der Waals surface area (Å²) in [6, 6.07) is 12.7. The minimum Gasteiger partial charge on any atom is -0.497 e. The number of carbonyl (C=O) groups is 1. The second-order valence-electron chi connectivity index (χ2n) is 6.15. The van der Waals surface area contributed by atoms with Crippen molar-refractivity contribution in [2.45, 2.75) is 13.3 Å². The van der Waals surface area contributed by atoms with Gasteiger partial charge in [-0.1, -0.05) is 6.07 Å². The molecule has 0 aliphatic carbocycles. The Labute approximate surface area is 149 Å². The van der Waals surface area contributed by atoms with Gasteiger partial charge in [-0.25, -0.2) is 9.67 Å². The lowest BCUT2D eigenvalue weighted by Gasteiger charge is -2.26. The maximum absolute atomic E-state index is 12.9. The van der Waals surface area contributed by atoms with Crippen LogP contribution in [-0.4, -0.2) is 34.3 Å². The summed E-state index contributed by atoms with van der Waals surface area (Å²) in [5.74, 6) is 0.983. The molecular weight excluding hydrogens is 332 g/mol. The maximum Gasteiger partial charge on any atom is 0.276 e. The van der Waals surface area contributed by atoms with Crippen molar-refractivity contribution in [1.82, 2.24) is 14.8 Å². The van der Waals surface area contributed by atoms with E-state index in [0.29, 0.717) is 30.0 Å². The smallest absolute Gasteiger partial charge is 0.276 e. The molecule has 0 saturated carbocycles. The van der Waals surface area contributed by atoms with E-state index in [1.165, 1.54) is 4.68 Å². The van der Waals surface area contributed by atoms with Gasteiger partial charge in [-0.05, 0) is 49.7 Å². The Morgan fingerprint density at radius 1 is 1.12 bits per heavy atom. The molecule has 3 aromatic rings. The zero-order valence-electron chi connectivity index (χ0n) is 14.5. The van der Waals surface area contributed by atoms with Gasteiger partial charge >= 0.3 is 0 Å². The SMILES string of the molecule is COc1ccc(N2CCc3c([nH]n(-c4cccc(C)n4)c3=O)C2=O)cc1. The molecule has 1 aliphatic rings. The zero-order chi connectivity index (χ0) is 18.3. The molecule has 0 saturated heterocycles. The fourth-order valence-electron chi connectivity index (χ4n) is 3.16. The number of fused-ring (bicyclic) bond motifs is 1. The minimum absolute atomic E-state index is 0.221. The molecule has 0 atom stereocenters. The molecule has 7 nitrogen and oxygen atoms in total. The monoisotopic (exact) mass is 350 g/mol. The Morgan fingerprint density at radius 2 is 1.88 bits per heavy atom. The summed E-state index contributed by atoms with van der Waals surface area (Å²) >= 11 is 0. The Bertz CT molecular complexity index is 1030. The van der Waals surface area contributed by atoms with Gasteiger partial charge in [0.1, 0.15) is 11.4 Å². The highest BCUT2D eigenvalue weighted by molar-refractivity contribution is 6.06. The van der Waals surface area contributed by atoms with Crippen LogP contribution in [-0.2, 0) is 6.42 Å². The van der Waals surface area contributed by atoms with Crippen LogP contribution in [0.4, 0.5) is 5.69 Å². The highest BCUT2D eigenvalue weighted by Gasteiger charge is 2.31. The van der Waals surface area contributed by atoms with Gasteiger partial charge in [0.25, 0.3) is 11.5 Å². The van der Waals surface area contributed by atoms with Crippen LogP contribution in [0, 0.1) is 6.92 Å². The molecule has 0 fully saturated rings. The zero-order valence-corrected chi connectivity index (χ0v) is 14.5. The average molecular weight is 350 g/mol. The van der Waals surface area contributed by atoms with Gasteiger partial charge < -0.3 is 9.64 Å². The topological polar surface area (TPSA) is 80.2 Å². The van der Waals surface area contributed by atoms with E-state index < -0.39 is 0 Å². The molecule has 3 heterocycles. The number of methoxy groups -OCH3 is 1. The predicted molar refractivity (Wildman–Crippen MR) is 97.3 cm³/mol. The second-order valence-corrected chi connectivity index (χ2v) is 6.15. The molecule has 0 bridgehead atoms. The molecule has 1 aromatic carbocycles. The molecule has 0 radical (unpaired) electrons. The number of hydrogen-bond acceptors (Lipinski definition) is 4. The first-order chi connectivity index (χ1) is 12.6. The number of H-pyrrole nitrogens is 1. The molecule has 132 valence electrons. The number of pyridine rings is 1. The third-order valence-corrected chi connectivity index (χ3v) is 4.52. The number of anilines is 1. The number of hydrogen-bond donors (Lipinski definition) is 1. The fraction of sp³-hybridized carbons (Fsp3) is 0.211. The highest BCUT2D eigenvalue weighted by atomic mass is 16.5. The van der Waals surface area contributed by atoms with Gasteiger partial charge in [-0.3, -0.25) is 14.7 Å². The Morgan fingerprint density at radius 3 is 2.58 bits per heavy atom. The van der Waals surface area contributed by atoms with Crippen LogP contribution in [0.3, 0.4) is 0 Å². The van der Waals surface area contributed by atoms with Crippen molar-refractivity contribution in [3.05, 3.63) is 69.8 Å². The summed E-state index contributed by atoms with van der Waals surface area (Å²) in [5, 5.41) is 2.94. The van der Waals surface area contributed by atoms with Crippen molar-refractivity contribution in [2.75, 3.05) is 18.6 Å². The summed E-state index contributed by atoms with van der Waals surface area (Å²) in [5.41, 5.74) is 2.17. The summed E-state index contributed by atoms with van der Waals surface area (Å²) in [6.07, 6.45) is 0.487. The van der Waals surface area contributed by atoms with Crippen LogP contribution in [0.5, 0.6) is 5.75 Å². The number of nitrogens with one attached hydrogen (secondary N) is 1. The van der Waals surface area contributed by atoms with Crippen LogP contribution in [0.25, 0.3) is 5.82 Å². The number of ether oxygens (including phenoxy) is 1. The van der Waals surface area contributed by atoms with Gasteiger partial charge in [-0.2, -0.15) is 0 Å². The first-order valence-corrected chi connectivity index (χ1v) is 8.32. The van der Waals surface area contributed by atoms with Crippen molar-refractivity contribution in [3.8, 4) is 11.6 Å². The molecular formula is C19H18N4O3. The lowest BCUT2D eigenvalue weighted by atomic mass is 10.1. The summed E-state index contributed by atoms with van der Waals surface area (Å²) in [7, 11) is 1.60. The number of amides is 1. The van der Waals surface area contributed by atoms with Crippen LogP contribution in [0.1, 0.15) is 21.7 Å². The molecule has 1 aliphatic heterocycles. The van der Waals surface area contributed by atoms with E-state index in [4.69, 9.17) is 4.74 Å². The van der Waals surface area contributed by atoms with Crippen LogP contribution < -0.4 is 15.2 Å². The predicted octanol–water partition coefficient (Wildman–Crippen LogP) is 2.08. The Hall–Kier alpha value is -3.35. The van der Waals surface area contributed by atoms with Gasteiger partial charge in [0, 0.05) is 17.9 Å². The normalized spacial score (nSPS) is 13.6. The van der Waals surface area contributed by atoms with E-state index in [1.807, 2.05) is 43.3 Å². The van der Waals surface area contributed by atoms with Crippen molar-refractivity contribution in [2.24, 2.45) is 0 Å². The van der Waals surface area contributed by atoms with E-state index in [0.717, 1.165) is 17.1 Å². The quantitative estimate of drug-likeness (QED) is 0.784. The van der Waals surface area contributed by atoms with Crippen molar-refractivity contribution < 1.29 is 9.53 Å². The van der Waals surface area contributed by atoms with E-state index in [9.17, 15) is 9.59 Å². The number of carbonyl (C=O) groups excluding carboxylic acids is 1. The van der Waals surface area contributed by atoms with E-state index in [1.54, 1.807) is 18.1 Å². The molecule has 4 rings (SSSR count). The number of benzene rings is 1. The van der Waals surface area contributed by atoms with Gasteiger partial charge in [0.05, 0.1) is 12.7 Å². The van der Waals surface area contributed by atoms with Gasteiger partial charge in [0.15, 0.2) is 5.82 Å². The van der Waals surface area contributed by atoms with Crippen molar-refractivity contribution in [3.63, 3.8) is 0 Å². The van der Waals surface area contributed by atoms with E-state index in [2.05, 4.69) is 10.1 Å². The fourth-order valence-corrected chi connectivity index (χ4v) is 3.16. The molecule has 2 aromatic heterocycles. The Kier molecular flexibility index (Phi) is 3.84.